The molecule has 11 heteroatoms. The normalized spacial score (nSPS) is 14.6. The van der Waals surface area contributed by atoms with Crippen LogP contribution in [0, 0.1) is 12.8 Å². The summed E-state index contributed by atoms with van der Waals surface area (Å²) in [5.41, 5.74) is -2.48. The molecule has 1 rings (SSSR count). The van der Waals surface area contributed by atoms with Gasteiger partial charge < -0.3 is 23.9 Å². The van der Waals surface area contributed by atoms with Crippen LogP contribution < -0.4 is 10.6 Å². The Morgan fingerprint density at radius 3 is 2.23 bits per heavy atom. The molecule has 0 aliphatic rings. The summed E-state index contributed by atoms with van der Waals surface area (Å²) in [5.74, 6) is -1.06. The van der Waals surface area contributed by atoms with Crippen molar-refractivity contribution in [3.05, 3.63) is 17.3 Å². The van der Waals surface area contributed by atoms with Crippen LogP contribution in [0.4, 0.5) is 4.79 Å². The Kier molecular flexibility index (Phi) is 8.85. The highest BCUT2D eigenvalue weighted by molar-refractivity contribution is 9.09. The van der Waals surface area contributed by atoms with E-state index >= 15 is 0 Å². The molecule has 0 radical (unpaired) electrons. The summed E-state index contributed by atoms with van der Waals surface area (Å²) in [4.78, 5) is 41.4. The third kappa shape index (κ3) is 6.43. The zero-order valence-corrected chi connectivity index (χ0v) is 20.1. The van der Waals surface area contributed by atoms with E-state index in [-0.39, 0.29) is 28.6 Å². The molecule has 0 saturated heterocycles. The second kappa shape index (κ2) is 10.3. The molecule has 2 amide bonds. The van der Waals surface area contributed by atoms with Crippen molar-refractivity contribution in [1.82, 2.24) is 15.6 Å². The maximum Gasteiger partial charge on any atom is 0.410 e. The molecule has 2 atom stereocenters. The van der Waals surface area contributed by atoms with Crippen molar-refractivity contribution in [2.75, 3.05) is 19.5 Å². The van der Waals surface area contributed by atoms with E-state index in [2.05, 4.69) is 36.3 Å². The monoisotopic (exact) mass is 491 g/mol. The summed E-state index contributed by atoms with van der Waals surface area (Å²) in [5, 5.41) is 5.18. The first-order valence-electron chi connectivity index (χ1n) is 9.29. The molecule has 0 aliphatic carbocycles. The predicted molar refractivity (Wildman–Crippen MR) is 111 cm³/mol. The molecule has 0 aliphatic heterocycles. The van der Waals surface area contributed by atoms with Crippen molar-refractivity contribution >= 4 is 33.9 Å². The first-order valence-corrected chi connectivity index (χ1v) is 10.4. The van der Waals surface area contributed by atoms with Gasteiger partial charge in [0.2, 0.25) is 11.6 Å². The Morgan fingerprint density at radius 2 is 1.80 bits per heavy atom. The number of aromatic nitrogens is 1. The highest BCUT2D eigenvalue weighted by Gasteiger charge is 2.43. The molecule has 2 N–H and O–H groups in total. The molecule has 1 aromatic rings. The second-order valence-corrected chi connectivity index (χ2v) is 8.50. The number of methoxy groups -OCH3 is 2. The van der Waals surface area contributed by atoms with Crippen molar-refractivity contribution in [1.29, 1.82) is 0 Å². The number of aryl methyl sites for hydroxylation is 1. The second-order valence-electron chi connectivity index (χ2n) is 7.94. The molecular formula is C19H30BrN3O7. The average Bonchev–Trinajstić information content (AvgIpc) is 3.02. The van der Waals surface area contributed by atoms with Crippen molar-refractivity contribution in [3.63, 3.8) is 0 Å². The Balaban J connectivity index is 3.15. The van der Waals surface area contributed by atoms with E-state index in [1.54, 1.807) is 27.7 Å². The predicted octanol–water partition coefficient (Wildman–Crippen LogP) is 2.85. The summed E-state index contributed by atoms with van der Waals surface area (Å²) in [6.45, 7) is 10.4. The van der Waals surface area contributed by atoms with Crippen molar-refractivity contribution in [2.45, 2.75) is 58.9 Å². The van der Waals surface area contributed by atoms with Gasteiger partial charge in [-0.3, -0.25) is 10.1 Å². The minimum atomic E-state index is -1.75. The summed E-state index contributed by atoms with van der Waals surface area (Å²) >= 11 is 3.21. The van der Waals surface area contributed by atoms with Crippen LogP contribution in [0.1, 0.15) is 62.8 Å². The number of oxazole rings is 1. The van der Waals surface area contributed by atoms with Gasteiger partial charge in [0.05, 0.1) is 12.4 Å². The van der Waals surface area contributed by atoms with Gasteiger partial charge in [0.25, 0.3) is 5.91 Å². The Bertz CT molecular complexity index is 767. The standard InChI is InChI=1S/C19H30BrN3O7/c1-10(2)12(14-21-13(11(3)29-14)15(24)27-7)22-16(25)19(9-20,28-8)23-17(26)30-18(4,5)6/h10,12H,9H2,1-8H3,(H,22,25)(H,23,26)/t12-,19?/m0/s1. The topological polar surface area (TPSA) is 129 Å². The lowest BCUT2D eigenvalue weighted by Gasteiger charge is -2.33. The highest BCUT2D eigenvalue weighted by Crippen LogP contribution is 2.25. The largest absolute Gasteiger partial charge is 0.464 e. The fraction of sp³-hybridized carbons (Fsp3) is 0.684. The maximum absolute atomic E-state index is 13.1. The molecule has 0 bridgehead atoms. The molecule has 1 aromatic heterocycles. The van der Waals surface area contributed by atoms with Crippen LogP contribution in [-0.4, -0.2) is 53.8 Å². The maximum atomic E-state index is 13.1. The smallest absolute Gasteiger partial charge is 0.410 e. The van der Waals surface area contributed by atoms with Gasteiger partial charge in [-0.1, -0.05) is 29.8 Å². The van der Waals surface area contributed by atoms with Crippen LogP contribution in [0.3, 0.4) is 0 Å². The first kappa shape index (κ1) is 25.9. The molecule has 1 unspecified atom stereocenters. The van der Waals surface area contributed by atoms with Crippen molar-refractivity contribution < 1.29 is 33.0 Å². The average molecular weight is 492 g/mol. The minimum Gasteiger partial charge on any atom is -0.464 e. The van der Waals surface area contributed by atoms with Gasteiger partial charge >= 0.3 is 12.1 Å². The minimum absolute atomic E-state index is 0.0257. The number of nitrogens with zero attached hydrogens (tertiary/aromatic N) is 1. The zero-order valence-electron chi connectivity index (χ0n) is 18.5. The highest BCUT2D eigenvalue weighted by atomic mass is 79.9. The number of rotatable bonds is 8. The molecule has 1 heterocycles. The first-order chi connectivity index (χ1) is 13.8. The van der Waals surface area contributed by atoms with Gasteiger partial charge in [0.1, 0.15) is 17.4 Å². The van der Waals surface area contributed by atoms with Gasteiger partial charge in [-0.05, 0) is 33.6 Å². The number of alkyl halides is 1. The van der Waals surface area contributed by atoms with Gasteiger partial charge in [0.15, 0.2) is 5.69 Å². The van der Waals surface area contributed by atoms with Crippen molar-refractivity contribution in [3.8, 4) is 0 Å². The molecule has 10 nitrogen and oxygen atoms in total. The molecule has 0 spiro atoms. The molecule has 30 heavy (non-hydrogen) atoms. The number of alkyl carbamates (subject to hydrolysis) is 1. The van der Waals surface area contributed by atoms with Gasteiger partial charge in [-0.25, -0.2) is 14.6 Å². The van der Waals surface area contributed by atoms with Crippen LogP contribution in [0.2, 0.25) is 0 Å². The van der Waals surface area contributed by atoms with E-state index in [4.69, 9.17) is 13.9 Å². The lowest BCUT2D eigenvalue weighted by molar-refractivity contribution is -0.145. The number of amides is 2. The zero-order chi connectivity index (χ0) is 23.3. The fourth-order valence-electron chi connectivity index (χ4n) is 2.42. The number of hydrogen-bond donors (Lipinski definition) is 2. The third-order valence-corrected chi connectivity index (χ3v) is 4.81. The van der Waals surface area contributed by atoms with E-state index in [0.717, 1.165) is 0 Å². The number of nitrogens with one attached hydrogen (secondary N) is 2. The van der Waals surface area contributed by atoms with Crippen LogP contribution in [0.15, 0.2) is 4.42 Å². The van der Waals surface area contributed by atoms with E-state index in [1.807, 2.05) is 13.8 Å². The summed E-state index contributed by atoms with van der Waals surface area (Å²) in [6, 6.07) is -0.705. The number of esters is 1. The van der Waals surface area contributed by atoms with Crippen LogP contribution in [0.5, 0.6) is 0 Å². The summed E-state index contributed by atoms with van der Waals surface area (Å²) in [7, 11) is 2.52. The quantitative estimate of drug-likeness (QED) is 0.322. The molecular weight excluding hydrogens is 462 g/mol. The van der Waals surface area contributed by atoms with Gasteiger partial charge in [-0.15, -0.1) is 0 Å². The molecule has 0 aromatic carbocycles. The van der Waals surface area contributed by atoms with Gasteiger partial charge in [0, 0.05) is 7.11 Å². The van der Waals surface area contributed by atoms with E-state index in [0.29, 0.717) is 0 Å². The van der Waals surface area contributed by atoms with Crippen LogP contribution in [-0.2, 0) is 19.0 Å². The SMILES string of the molecule is COC(=O)c1nc([C@@H](NC(=O)C(CBr)(NC(=O)OC(C)(C)C)OC)C(C)C)oc1C. The lowest BCUT2D eigenvalue weighted by atomic mass is 10.0. The van der Waals surface area contributed by atoms with Crippen LogP contribution in [0.25, 0.3) is 0 Å². The fourth-order valence-corrected chi connectivity index (χ4v) is 3.05. The van der Waals surface area contributed by atoms with Gasteiger partial charge in [-0.2, -0.15) is 0 Å². The number of carbonyl (C=O) groups excluding carboxylic acids is 3. The third-order valence-electron chi connectivity index (χ3n) is 4.02. The number of hydrogen-bond acceptors (Lipinski definition) is 8. The molecule has 0 saturated carbocycles. The number of ether oxygens (including phenoxy) is 3. The number of halogens is 1. The van der Waals surface area contributed by atoms with Crippen molar-refractivity contribution in [2.24, 2.45) is 5.92 Å². The van der Waals surface area contributed by atoms with Crippen LogP contribution >= 0.6 is 15.9 Å². The van der Waals surface area contributed by atoms with E-state index in [9.17, 15) is 14.4 Å². The summed E-state index contributed by atoms with van der Waals surface area (Å²) < 4.78 is 20.9. The van der Waals surface area contributed by atoms with E-state index < -0.39 is 35.3 Å². The van der Waals surface area contributed by atoms with E-state index in [1.165, 1.54) is 14.2 Å². The molecule has 0 fully saturated rings. The molecule has 170 valence electrons. The Labute approximate surface area is 184 Å². The Morgan fingerprint density at radius 1 is 1.20 bits per heavy atom. The summed E-state index contributed by atoms with van der Waals surface area (Å²) in [6.07, 6.45) is -0.819. The lowest BCUT2D eigenvalue weighted by Crippen LogP contribution is -2.62. The number of carbonyl (C=O) groups is 3. The Hall–Kier alpha value is -2.14.